The highest BCUT2D eigenvalue weighted by molar-refractivity contribution is 7.26. The number of imidazole rings is 1. The van der Waals surface area contributed by atoms with E-state index in [9.17, 15) is 0 Å². The van der Waals surface area contributed by atoms with E-state index in [2.05, 4.69) is 25.1 Å². The molecule has 0 aromatic carbocycles. The van der Waals surface area contributed by atoms with Gasteiger partial charge in [-0.2, -0.15) is 0 Å². The normalized spacial score (nSPS) is 8.50. The number of hydrogen-bond acceptors (Lipinski definition) is 1. The molecule has 0 aliphatic rings. The molecule has 3 heteroatoms. The molecule has 0 aliphatic heterocycles. The Bertz CT molecular complexity index is 221. The second-order valence-corrected chi connectivity index (χ2v) is 1.86. The number of nitrogens with zero attached hydrogens (tertiary/aromatic N) is 1. The third-order valence-corrected chi connectivity index (χ3v) is 1.04. The van der Waals surface area contributed by atoms with Crippen LogP contribution < -0.4 is 5.57 Å². The van der Waals surface area contributed by atoms with Crippen LogP contribution in [0.15, 0.2) is 6.20 Å². The minimum atomic E-state index is 0.648. The predicted molar refractivity (Wildman–Crippen MR) is 35.9 cm³/mol. The first-order valence-corrected chi connectivity index (χ1v) is 2.68. The van der Waals surface area contributed by atoms with Crippen LogP contribution in [-0.2, 0) is 0 Å². The summed E-state index contributed by atoms with van der Waals surface area (Å²) in [5, 5.41) is 0. The number of hydrogen-bond donors (Lipinski definition) is 1. The summed E-state index contributed by atoms with van der Waals surface area (Å²) in [6, 6.07) is 0. The molecule has 1 atom stereocenters. The molecule has 0 saturated heterocycles. The molecule has 0 fully saturated rings. The van der Waals surface area contributed by atoms with Gasteiger partial charge in [-0.25, -0.2) is 4.98 Å². The van der Waals surface area contributed by atoms with Crippen molar-refractivity contribution in [3.63, 3.8) is 0 Å². The summed E-state index contributed by atoms with van der Waals surface area (Å²) in [6.07, 6.45) is 6.70. The van der Waals surface area contributed by atoms with E-state index < -0.39 is 0 Å². The molecule has 0 amide bonds. The fraction of sp³-hybridized carbons (Fsp3) is 0. The smallest absolute Gasteiger partial charge is 0.131 e. The highest BCUT2D eigenvalue weighted by Crippen LogP contribution is 1.86. The first-order valence-electron chi connectivity index (χ1n) is 2.10. The van der Waals surface area contributed by atoms with Crippen molar-refractivity contribution in [2.75, 3.05) is 0 Å². The van der Waals surface area contributed by atoms with Crippen LogP contribution in [0.5, 0.6) is 0 Å². The van der Waals surface area contributed by atoms with Crippen molar-refractivity contribution in [1.29, 1.82) is 0 Å². The number of nitrogens with one attached hydrogen (secondary N) is 1. The Morgan fingerprint density at radius 2 is 2.62 bits per heavy atom. The fourth-order valence-electron chi connectivity index (χ4n) is 0.411. The molecule has 8 heavy (non-hydrogen) atoms. The van der Waals surface area contributed by atoms with Crippen LogP contribution in [-0.4, -0.2) is 9.97 Å². The summed E-state index contributed by atoms with van der Waals surface area (Å²) < 4.78 is 0. The van der Waals surface area contributed by atoms with Crippen LogP contribution in [0.1, 0.15) is 5.69 Å². The lowest BCUT2D eigenvalue weighted by Gasteiger charge is -1.71. The van der Waals surface area contributed by atoms with Crippen molar-refractivity contribution >= 4 is 14.8 Å². The summed E-state index contributed by atoms with van der Waals surface area (Å²) in [5.74, 6) is 2.39. The molecule has 1 heterocycles. The van der Waals surface area contributed by atoms with Crippen molar-refractivity contribution in [3.05, 3.63) is 11.9 Å². The van der Waals surface area contributed by atoms with E-state index in [1.54, 1.807) is 6.20 Å². The van der Waals surface area contributed by atoms with E-state index >= 15 is 0 Å². The highest BCUT2D eigenvalue weighted by Gasteiger charge is 1.87. The number of terminal acetylenes is 1. The van der Waals surface area contributed by atoms with Gasteiger partial charge in [-0.3, -0.25) is 0 Å². The van der Waals surface area contributed by atoms with Crippen LogP contribution in [0.3, 0.4) is 0 Å². The quantitative estimate of drug-likeness (QED) is 0.379. The summed E-state index contributed by atoms with van der Waals surface area (Å²) in [4.78, 5) is 6.73. The summed E-state index contributed by atoms with van der Waals surface area (Å²) in [7, 11) is 2.42. The lowest BCUT2D eigenvalue weighted by molar-refractivity contribution is 1.40. The SMILES string of the molecule is C#Cc1c[nH]c(P)n1. The van der Waals surface area contributed by atoms with E-state index in [1.807, 2.05) is 0 Å². The Hall–Kier alpha value is -0.800. The molecular weight excluding hydrogens is 119 g/mol. The Morgan fingerprint density at radius 3 is 2.88 bits per heavy atom. The number of H-pyrrole nitrogens is 1. The maximum atomic E-state index is 5.02. The van der Waals surface area contributed by atoms with E-state index in [4.69, 9.17) is 6.42 Å². The van der Waals surface area contributed by atoms with Crippen LogP contribution in [0.25, 0.3) is 0 Å². The molecule has 0 radical (unpaired) electrons. The Balaban J connectivity index is 3.05. The fourth-order valence-corrected chi connectivity index (χ4v) is 0.633. The average Bonchev–Trinajstić information content (AvgIpc) is 2.14. The maximum Gasteiger partial charge on any atom is 0.131 e. The van der Waals surface area contributed by atoms with Crippen molar-refractivity contribution in [1.82, 2.24) is 9.97 Å². The third-order valence-electron chi connectivity index (χ3n) is 0.746. The molecule has 0 saturated carbocycles. The van der Waals surface area contributed by atoms with Crippen LogP contribution in [0.4, 0.5) is 0 Å². The monoisotopic (exact) mass is 124 g/mol. The molecule has 0 bridgehead atoms. The second-order valence-electron chi connectivity index (χ2n) is 1.32. The summed E-state index contributed by atoms with van der Waals surface area (Å²) in [6.45, 7) is 0. The molecule has 40 valence electrons. The Labute approximate surface area is 49.9 Å². The van der Waals surface area contributed by atoms with Gasteiger partial charge in [-0.05, 0) is 5.92 Å². The summed E-state index contributed by atoms with van der Waals surface area (Å²) >= 11 is 0. The van der Waals surface area contributed by atoms with Crippen molar-refractivity contribution in [3.8, 4) is 12.3 Å². The van der Waals surface area contributed by atoms with Gasteiger partial charge in [0.15, 0.2) is 0 Å². The first-order chi connectivity index (χ1) is 3.83. The van der Waals surface area contributed by atoms with Gasteiger partial charge in [0.05, 0.1) is 0 Å². The van der Waals surface area contributed by atoms with Gasteiger partial charge < -0.3 is 4.98 Å². The zero-order valence-electron chi connectivity index (χ0n) is 4.18. The van der Waals surface area contributed by atoms with Gasteiger partial charge in [0.1, 0.15) is 11.3 Å². The van der Waals surface area contributed by atoms with Gasteiger partial charge in [-0.1, -0.05) is 9.24 Å². The van der Waals surface area contributed by atoms with E-state index in [0.717, 1.165) is 5.57 Å². The molecule has 1 aromatic heterocycles. The maximum absolute atomic E-state index is 5.02. The third kappa shape index (κ3) is 0.882. The highest BCUT2D eigenvalue weighted by atomic mass is 31.0. The lowest BCUT2D eigenvalue weighted by atomic mass is 10.5. The Morgan fingerprint density at radius 1 is 1.88 bits per heavy atom. The van der Waals surface area contributed by atoms with Crippen LogP contribution in [0, 0.1) is 12.3 Å². The van der Waals surface area contributed by atoms with Gasteiger partial charge in [0.25, 0.3) is 0 Å². The van der Waals surface area contributed by atoms with Gasteiger partial charge in [-0.15, -0.1) is 6.42 Å². The molecule has 1 aromatic rings. The van der Waals surface area contributed by atoms with Gasteiger partial charge in [0.2, 0.25) is 0 Å². The minimum absolute atomic E-state index is 0.648. The molecule has 1 N–H and O–H groups in total. The molecule has 0 aliphatic carbocycles. The van der Waals surface area contributed by atoms with E-state index in [1.165, 1.54) is 0 Å². The zero-order valence-corrected chi connectivity index (χ0v) is 5.33. The molecule has 0 spiro atoms. The number of aromatic nitrogens is 2. The van der Waals surface area contributed by atoms with Crippen LogP contribution in [0.2, 0.25) is 0 Å². The molecule has 1 rings (SSSR count). The number of rotatable bonds is 0. The van der Waals surface area contributed by atoms with Crippen molar-refractivity contribution in [2.24, 2.45) is 0 Å². The second kappa shape index (κ2) is 1.98. The number of aromatic amines is 1. The van der Waals surface area contributed by atoms with Crippen LogP contribution >= 0.6 is 9.24 Å². The van der Waals surface area contributed by atoms with E-state index in [-0.39, 0.29) is 0 Å². The first kappa shape index (κ1) is 5.34. The van der Waals surface area contributed by atoms with Crippen molar-refractivity contribution in [2.45, 2.75) is 0 Å². The van der Waals surface area contributed by atoms with Gasteiger partial charge >= 0.3 is 0 Å². The van der Waals surface area contributed by atoms with Gasteiger partial charge in [0, 0.05) is 6.20 Å². The lowest BCUT2D eigenvalue weighted by Crippen LogP contribution is -1.92. The average molecular weight is 124 g/mol. The zero-order chi connectivity index (χ0) is 5.98. The topological polar surface area (TPSA) is 28.7 Å². The minimum Gasteiger partial charge on any atom is -0.344 e. The molecule has 2 nitrogen and oxygen atoms in total. The molecular formula is C5H5N2P. The van der Waals surface area contributed by atoms with E-state index in [0.29, 0.717) is 5.69 Å². The van der Waals surface area contributed by atoms with Crippen molar-refractivity contribution < 1.29 is 0 Å². The Kier molecular flexibility index (Phi) is 1.32. The summed E-state index contributed by atoms with van der Waals surface area (Å²) in [5.41, 5.74) is 1.42. The molecule has 1 unspecified atom stereocenters. The standard InChI is InChI=1S/C5H5N2P/c1-2-4-3-6-5(8)7-4/h1,3H,8H2,(H,6,7). The largest absolute Gasteiger partial charge is 0.344 e. The predicted octanol–water partition coefficient (Wildman–Crippen LogP) is -0.109.